The van der Waals surface area contributed by atoms with Crippen LogP contribution in [0.4, 0.5) is 0 Å². The highest BCUT2D eigenvalue weighted by Gasteiger charge is 2.23. The molecule has 0 saturated carbocycles. The van der Waals surface area contributed by atoms with Crippen LogP contribution in [0.2, 0.25) is 0 Å². The summed E-state index contributed by atoms with van der Waals surface area (Å²) in [4.78, 5) is 4.34. The maximum atomic E-state index is 4.34. The van der Waals surface area contributed by atoms with Gasteiger partial charge in [-0.15, -0.1) is 0 Å². The van der Waals surface area contributed by atoms with Crippen LogP contribution in [0.3, 0.4) is 0 Å². The largest absolute Gasteiger partial charge is 0.310 e. The van der Waals surface area contributed by atoms with Gasteiger partial charge in [0.2, 0.25) is 0 Å². The number of para-hydroxylation sites is 1. The van der Waals surface area contributed by atoms with Gasteiger partial charge < -0.3 is 9.88 Å². The summed E-state index contributed by atoms with van der Waals surface area (Å²) in [6, 6.07) is 8.57. The second-order valence-corrected chi connectivity index (χ2v) is 5.40. The molecule has 1 aromatic carbocycles. The van der Waals surface area contributed by atoms with E-state index in [1.54, 1.807) is 0 Å². The monoisotopic (exact) mass is 257 g/mol. The van der Waals surface area contributed by atoms with E-state index in [4.69, 9.17) is 0 Å². The van der Waals surface area contributed by atoms with E-state index in [1.165, 1.54) is 16.9 Å². The molecule has 0 unspecified atom stereocenters. The van der Waals surface area contributed by atoms with Crippen molar-refractivity contribution in [1.29, 1.82) is 0 Å². The highest BCUT2D eigenvalue weighted by Crippen LogP contribution is 2.25. The Morgan fingerprint density at radius 2 is 2.00 bits per heavy atom. The predicted molar refractivity (Wildman–Crippen MR) is 79.6 cm³/mol. The normalized spacial score (nSPS) is 11.8. The first kappa shape index (κ1) is 13.8. The Kier molecular flexibility index (Phi) is 4.05. The maximum Gasteiger partial charge on any atom is 0.0994 e. The lowest BCUT2D eigenvalue weighted by atomic mass is 10.0. The fourth-order valence-corrected chi connectivity index (χ4v) is 2.30. The van der Waals surface area contributed by atoms with Gasteiger partial charge in [-0.05, 0) is 38.9 Å². The molecule has 0 aliphatic rings. The number of rotatable bonds is 5. The lowest BCUT2D eigenvalue weighted by Gasteiger charge is -2.26. The summed E-state index contributed by atoms with van der Waals surface area (Å²) >= 11 is 0. The van der Waals surface area contributed by atoms with Crippen molar-refractivity contribution < 1.29 is 0 Å². The van der Waals surface area contributed by atoms with E-state index >= 15 is 0 Å². The minimum absolute atomic E-state index is 0.101. The summed E-state index contributed by atoms with van der Waals surface area (Å²) in [7, 11) is 1.98. The molecule has 0 fully saturated rings. The molecule has 1 aromatic heterocycles. The summed E-state index contributed by atoms with van der Waals surface area (Å²) < 4.78 is 2.20. The SMILES string of the molecule is CCCc1ccccc1-n1cncc1C(C)(C)NC. The average Bonchev–Trinajstić information content (AvgIpc) is 2.90. The van der Waals surface area contributed by atoms with Gasteiger partial charge in [-0.3, -0.25) is 0 Å². The van der Waals surface area contributed by atoms with Gasteiger partial charge in [0.25, 0.3) is 0 Å². The highest BCUT2D eigenvalue weighted by atomic mass is 15.1. The van der Waals surface area contributed by atoms with Crippen molar-refractivity contribution in [3.05, 3.63) is 48.0 Å². The molecule has 0 aliphatic carbocycles. The molecule has 0 radical (unpaired) electrons. The first-order valence-electron chi connectivity index (χ1n) is 6.90. The highest BCUT2D eigenvalue weighted by molar-refractivity contribution is 5.43. The van der Waals surface area contributed by atoms with Crippen molar-refractivity contribution in [3.63, 3.8) is 0 Å². The fraction of sp³-hybridized carbons (Fsp3) is 0.438. The van der Waals surface area contributed by atoms with Crippen molar-refractivity contribution >= 4 is 0 Å². The van der Waals surface area contributed by atoms with E-state index in [2.05, 4.69) is 59.9 Å². The summed E-state index contributed by atoms with van der Waals surface area (Å²) in [5.74, 6) is 0. The Labute approximate surface area is 115 Å². The number of hydrogen-bond acceptors (Lipinski definition) is 2. The van der Waals surface area contributed by atoms with Crippen LogP contribution in [0.1, 0.15) is 38.4 Å². The molecule has 2 aromatic rings. The maximum absolute atomic E-state index is 4.34. The molecule has 0 atom stereocenters. The number of aryl methyl sites for hydroxylation is 1. The van der Waals surface area contributed by atoms with E-state index in [1.807, 2.05) is 19.6 Å². The van der Waals surface area contributed by atoms with Crippen LogP contribution in [-0.2, 0) is 12.0 Å². The van der Waals surface area contributed by atoms with Gasteiger partial charge in [0.1, 0.15) is 0 Å². The first-order chi connectivity index (χ1) is 9.10. The standard InChI is InChI=1S/C16H23N3/c1-5-8-13-9-6-7-10-14(13)19-12-18-11-15(19)16(2,3)17-4/h6-7,9-12,17H,5,8H2,1-4H3. The van der Waals surface area contributed by atoms with Gasteiger partial charge in [0, 0.05) is 0 Å². The third-order valence-electron chi connectivity index (χ3n) is 3.67. The number of nitrogens with zero attached hydrogens (tertiary/aromatic N) is 2. The summed E-state index contributed by atoms with van der Waals surface area (Å²) in [6.07, 6.45) is 6.09. The Morgan fingerprint density at radius 3 is 2.68 bits per heavy atom. The molecule has 19 heavy (non-hydrogen) atoms. The Hall–Kier alpha value is -1.61. The van der Waals surface area contributed by atoms with Gasteiger partial charge in [-0.2, -0.15) is 0 Å². The van der Waals surface area contributed by atoms with E-state index < -0.39 is 0 Å². The lowest BCUT2D eigenvalue weighted by molar-refractivity contribution is 0.424. The zero-order valence-corrected chi connectivity index (χ0v) is 12.3. The quantitative estimate of drug-likeness (QED) is 0.891. The smallest absolute Gasteiger partial charge is 0.0994 e. The molecule has 3 nitrogen and oxygen atoms in total. The summed E-state index contributed by atoms with van der Waals surface area (Å²) in [5, 5.41) is 3.34. The third kappa shape index (κ3) is 2.71. The van der Waals surface area contributed by atoms with Crippen LogP contribution in [0.5, 0.6) is 0 Å². The molecule has 2 rings (SSSR count). The number of aromatic nitrogens is 2. The van der Waals surface area contributed by atoms with Gasteiger partial charge in [-0.25, -0.2) is 4.98 Å². The first-order valence-corrected chi connectivity index (χ1v) is 6.90. The second kappa shape index (κ2) is 5.57. The summed E-state index contributed by atoms with van der Waals surface area (Å²) in [6.45, 7) is 6.55. The fourth-order valence-electron chi connectivity index (χ4n) is 2.30. The number of nitrogens with one attached hydrogen (secondary N) is 1. The number of hydrogen-bond donors (Lipinski definition) is 1. The van der Waals surface area contributed by atoms with Gasteiger partial charge >= 0.3 is 0 Å². The van der Waals surface area contributed by atoms with E-state index in [0.717, 1.165) is 12.8 Å². The number of benzene rings is 1. The van der Waals surface area contributed by atoms with Crippen molar-refractivity contribution in [2.24, 2.45) is 0 Å². The summed E-state index contributed by atoms with van der Waals surface area (Å²) in [5.41, 5.74) is 3.69. The van der Waals surface area contributed by atoms with E-state index in [0.29, 0.717) is 0 Å². The van der Waals surface area contributed by atoms with Gasteiger partial charge in [0.05, 0.1) is 29.4 Å². The third-order valence-corrected chi connectivity index (χ3v) is 3.67. The molecule has 1 heterocycles. The molecule has 102 valence electrons. The number of imidazole rings is 1. The van der Waals surface area contributed by atoms with E-state index in [9.17, 15) is 0 Å². The van der Waals surface area contributed by atoms with Crippen molar-refractivity contribution in [1.82, 2.24) is 14.9 Å². The molecule has 0 amide bonds. The van der Waals surface area contributed by atoms with Crippen LogP contribution < -0.4 is 5.32 Å². The van der Waals surface area contributed by atoms with Crippen LogP contribution in [0.25, 0.3) is 5.69 Å². The van der Waals surface area contributed by atoms with Crippen molar-refractivity contribution in [3.8, 4) is 5.69 Å². The minimum atomic E-state index is -0.101. The Balaban J connectivity index is 2.52. The average molecular weight is 257 g/mol. The zero-order valence-electron chi connectivity index (χ0n) is 12.3. The molecule has 3 heteroatoms. The molecular weight excluding hydrogens is 234 g/mol. The van der Waals surface area contributed by atoms with Gasteiger partial charge in [0.15, 0.2) is 0 Å². The van der Waals surface area contributed by atoms with Gasteiger partial charge in [-0.1, -0.05) is 31.5 Å². The van der Waals surface area contributed by atoms with Crippen LogP contribution in [0.15, 0.2) is 36.8 Å². The topological polar surface area (TPSA) is 29.9 Å². The Morgan fingerprint density at radius 1 is 1.26 bits per heavy atom. The molecule has 1 N–H and O–H groups in total. The lowest BCUT2D eigenvalue weighted by Crippen LogP contribution is -2.35. The van der Waals surface area contributed by atoms with Crippen LogP contribution in [-0.4, -0.2) is 16.6 Å². The minimum Gasteiger partial charge on any atom is -0.310 e. The van der Waals surface area contributed by atoms with Crippen molar-refractivity contribution in [2.75, 3.05) is 7.05 Å². The molecule has 0 bridgehead atoms. The predicted octanol–water partition coefficient (Wildman–Crippen LogP) is 3.28. The Bertz CT molecular complexity index is 540. The van der Waals surface area contributed by atoms with Crippen molar-refractivity contribution in [2.45, 2.75) is 39.2 Å². The molecule has 0 spiro atoms. The zero-order chi connectivity index (χ0) is 13.9. The van der Waals surface area contributed by atoms with Crippen LogP contribution >= 0.6 is 0 Å². The second-order valence-electron chi connectivity index (χ2n) is 5.40. The van der Waals surface area contributed by atoms with E-state index in [-0.39, 0.29) is 5.54 Å². The molecular formula is C16H23N3. The molecule has 0 aliphatic heterocycles. The van der Waals surface area contributed by atoms with Crippen LogP contribution in [0, 0.1) is 0 Å². The molecule has 0 saturated heterocycles.